The Balaban J connectivity index is 1.52. The number of methoxy groups -OCH3 is 2. The van der Waals surface area contributed by atoms with Crippen LogP contribution in [0.2, 0.25) is 0 Å². The molecule has 0 N–H and O–H groups in total. The molecule has 0 aromatic heterocycles. The van der Waals surface area contributed by atoms with Gasteiger partial charge in [0.1, 0.15) is 0 Å². The highest BCUT2D eigenvalue weighted by atomic mass is 32.2. The maximum absolute atomic E-state index is 13.3. The fraction of sp³-hybridized carbons (Fsp3) is 0.269. The smallest absolute Gasteiger partial charge is 0.253 e. The lowest BCUT2D eigenvalue weighted by molar-refractivity contribution is 0.0784. The number of carbonyl (C=O) groups excluding carboxylic acids is 1. The topological polar surface area (TPSA) is 76.2 Å². The van der Waals surface area contributed by atoms with E-state index in [-0.39, 0.29) is 10.8 Å². The second-order valence-electron chi connectivity index (χ2n) is 8.24. The Kier molecular flexibility index (Phi) is 6.90. The highest BCUT2D eigenvalue weighted by molar-refractivity contribution is 7.89. The zero-order valence-electron chi connectivity index (χ0n) is 19.5. The number of amides is 1. The molecule has 0 aliphatic carbocycles. The first-order chi connectivity index (χ1) is 16.3. The normalized spacial score (nSPS) is 13.7. The van der Waals surface area contributed by atoms with Crippen molar-refractivity contribution < 1.29 is 22.7 Å². The van der Waals surface area contributed by atoms with Crippen molar-refractivity contribution in [3.63, 3.8) is 0 Å². The van der Waals surface area contributed by atoms with Gasteiger partial charge in [-0.05, 0) is 53.4 Å². The van der Waals surface area contributed by atoms with E-state index in [4.69, 9.17) is 9.47 Å². The summed E-state index contributed by atoms with van der Waals surface area (Å²) in [5.41, 5.74) is 3.37. The van der Waals surface area contributed by atoms with Gasteiger partial charge in [-0.25, -0.2) is 8.42 Å². The molecule has 34 heavy (non-hydrogen) atoms. The van der Waals surface area contributed by atoms with E-state index in [9.17, 15) is 13.2 Å². The van der Waals surface area contributed by atoms with Crippen molar-refractivity contribution in [3.8, 4) is 11.5 Å². The van der Waals surface area contributed by atoms with E-state index in [1.54, 1.807) is 50.4 Å². The molecule has 4 rings (SSSR count). The van der Waals surface area contributed by atoms with Crippen LogP contribution in [0.1, 0.15) is 27.0 Å². The minimum absolute atomic E-state index is 0.122. The Labute approximate surface area is 200 Å². The minimum atomic E-state index is -3.73. The van der Waals surface area contributed by atoms with Crippen molar-refractivity contribution in [2.75, 3.05) is 27.8 Å². The highest BCUT2D eigenvalue weighted by Gasteiger charge is 2.29. The van der Waals surface area contributed by atoms with Gasteiger partial charge in [-0.2, -0.15) is 4.31 Å². The van der Waals surface area contributed by atoms with Crippen LogP contribution in [0.25, 0.3) is 0 Å². The summed E-state index contributed by atoms with van der Waals surface area (Å²) in [7, 11) is 1.08. The minimum Gasteiger partial charge on any atom is -0.493 e. The average molecular weight is 481 g/mol. The van der Waals surface area contributed by atoms with Crippen LogP contribution in [0, 0.1) is 0 Å². The van der Waals surface area contributed by atoms with E-state index >= 15 is 0 Å². The molecule has 0 unspecified atom stereocenters. The number of hydrogen-bond donors (Lipinski definition) is 0. The molecule has 8 heteroatoms. The molecule has 0 saturated heterocycles. The molecule has 0 spiro atoms. The first-order valence-electron chi connectivity index (χ1n) is 11.0. The monoisotopic (exact) mass is 480 g/mol. The van der Waals surface area contributed by atoms with Crippen molar-refractivity contribution in [3.05, 3.63) is 89.0 Å². The fourth-order valence-electron chi connectivity index (χ4n) is 4.16. The first-order valence-corrected chi connectivity index (χ1v) is 12.4. The van der Waals surface area contributed by atoms with Crippen LogP contribution in [0.4, 0.5) is 0 Å². The predicted octanol–water partition coefficient (Wildman–Crippen LogP) is 3.72. The quantitative estimate of drug-likeness (QED) is 0.515. The Morgan fingerprint density at radius 3 is 2.41 bits per heavy atom. The Bertz CT molecular complexity index is 1310. The zero-order chi connectivity index (χ0) is 24.3. The molecule has 178 valence electrons. The SMILES string of the molecule is COc1ccc(CN(C)C(=O)c2cccc(S(=O)(=O)N3CCc4ccccc4C3)c2)cc1OC. The van der Waals surface area contributed by atoms with Crippen molar-refractivity contribution in [1.29, 1.82) is 0 Å². The fourth-order valence-corrected chi connectivity index (χ4v) is 5.62. The maximum atomic E-state index is 13.3. The molecule has 1 aliphatic rings. The molecule has 3 aromatic carbocycles. The second-order valence-corrected chi connectivity index (χ2v) is 10.2. The van der Waals surface area contributed by atoms with Gasteiger partial charge in [0.25, 0.3) is 5.91 Å². The van der Waals surface area contributed by atoms with E-state index in [1.807, 2.05) is 36.4 Å². The van der Waals surface area contributed by atoms with Crippen LogP contribution in [-0.4, -0.2) is 51.3 Å². The van der Waals surface area contributed by atoms with E-state index < -0.39 is 10.0 Å². The van der Waals surface area contributed by atoms with Crippen LogP contribution in [0.15, 0.2) is 71.6 Å². The molecule has 7 nitrogen and oxygen atoms in total. The number of sulfonamides is 1. The molecule has 0 atom stereocenters. The van der Waals surface area contributed by atoms with Crippen molar-refractivity contribution in [2.45, 2.75) is 24.4 Å². The van der Waals surface area contributed by atoms with Crippen LogP contribution in [-0.2, 0) is 29.5 Å². The standard InChI is InChI=1S/C26H28N2O5S/c1-27(17-19-11-12-24(32-2)25(15-19)33-3)26(29)21-9-6-10-23(16-21)34(30,31)28-14-13-20-7-4-5-8-22(20)18-28/h4-12,15-16H,13-14,17-18H2,1-3H3. The maximum Gasteiger partial charge on any atom is 0.253 e. The molecular weight excluding hydrogens is 452 g/mol. The predicted molar refractivity (Wildman–Crippen MR) is 130 cm³/mol. The summed E-state index contributed by atoms with van der Waals surface area (Å²) in [6.07, 6.45) is 0.669. The third kappa shape index (κ3) is 4.78. The zero-order valence-corrected chi connectivity index (χ0v) is 20.3. The number of benzene rings is 3. The number of fused-ring (bicyclic) bond motifs is 1. The number of carbonyl (C=O) groups is 1. The number of ether oxygens (including phenoxy) is 2. The van der Waals surface area contributed by atoms with Crippen LogP contribution in [0.3, 0.4) is 0 Å². The van der Waals surface area contributed by atoms with Gasteiger partial charge < -0.3 is 14.4 Å². The van der Waals surface area contributed by atoms with Crippen LogP contribution < -0.4 is 9.47 Å². The van der Waals surface area contributed by atoms with E-state index in [2.05, 4.69) is 0 Å². The summed E-state index contributed by atoms with van der Waals surface area (Å²) in [6.45, 7) is 1.08. The Hall–Kier alpha value is -3.36. The highest BCUT2D eigenvalue weighted by Crippen LogP contribution is 2.29. The summed E-state index contributed by atoms with van der Waals surface area (Å²) < 4.78 is 38.8. The molecule has 3 aromatic rings. The van der Waals surface area contributed by atoms with Crippen LogP contribution in [0.5, 0.6) is 11.5 Å². The molecule has 1 amide bonds. The van der Waals surface area contributed by atoms with Gasteiger partial charge in [-0.15, -0.1) is 0 Å². The van der Waals surface area contributed by atoms with Gasteiger partial charge in [0.05, 0.1) is 19.1 Å². The molecule has 1 aliphatic heterocycles. The number of nitrogens with zero attached hydrogens (tertiary/aromatic N) is 2. The van der Waals surface area contributed by atoms with Gasteiger partial charge >= 0.3 is 0 Å². The summed E-state index contributed by atoms with van der Waals surface area (Å²) in [6, 6.07) is 19.6. The van der Waals surface area contributed by atoms with Gasteiger partial charge in [-0.3, -0.25) is 4.79 Å². The third-order valence-corrected chi connectivity index (χ3v) is 7.87. The third-order valence-electron chi connectivity index (χ3n) is 6.03. The number of hydrogen-bond acceptors (Lipinski definition) is 5. The van der Waals surface area contributed by atoms with Crippen molar-refractivity contribution in [2.24, 2.45) is 0 Å². The molecule has 0 bridgehead atoms. The van der Waals surface area contributed by atoms with Gasteiger partial charge in [0.15, 0.2) is 11.5 Å². The lowest BCUT2D eigenvalue weighted by Gasteiger charge is -2.28. The summed E-state index contributed by atoms with van der Waals surface area (Å²) in [4.78, 5) is 14.8. The number of rotatable bonds is 7. The van der Waals surface area contributed by atoms with E-state index in [1.165, 1.54) is 15.9 Å². The van der Waals surface area contributed by atoms with Crippen LogP contribution >= 0.6 is 0 Å². The van der Waals surface area contributed by atoms with Crippen molar-refractivity contribution in [1.82, 2.24) is 9.21 Å². The Morgan fingerprint density at radius 2 is 1.68 bits per heavy atom. The molecule has 0 saturated carbocycles. The molecule has 0 fully saturated rings. The van der Waals surface area contributed by atoms with Crippen molar-refractivity contribution >= 4 is 15.9 Å². The molecular formula is C26H28N2O5S. The van der Waals surface area contributed by atoms with Gasteiger partial charge in [0.2, 0.25) is 10.0 Å². The van der Waals surface area contributed by atoms with Gasteiger partial charge in [0, 0.05) is 32.2 Å². The van der Waals surface area contributed by atoms with Gasteiger partial charge in [-0.1, -0.05) is 36.4 Å². The lowest BCUT2D eigenvalue weighted by atomic mass is 10.0. The average Bonchev–Trinajstić information content (AvgIpc) is 2.87. The molecule has 1 heterocycles. The second kappa shape index (κ2) is 9.87. The first kappa shape index (κ1) is 23.8. The van der Waals surface area contributed by atoms with E-state index in [0.29, 0.717) is 43.1 Å². The van der Waals surface area contributed by atoms with E-state index in [0.717, 1.165) is 11.1 Å². The summed E-state index contributed by atoms with van der Waals surface area (Å²) in [5, 5.41) is 0. The summed E-state index contributed by atoms with van der Waals surface area (Å²) >= 11 is 0. The molecule has 0 radical (unpaired) electrons. The lowest BCUT2D eigenvalue weighted by Crippen LogP contribution is -2.36. The Morgan fingerprint density at radius 1 is 0.941 bits per heavy atom. The largest absolute Gasteiger partial charge is 0.493 e. The summed E-state index contributed by atoms with van der Waals surface area (Å²) in [5.74, 6) is 0.923.